The summed E-state index contributed by atoms with van der Waals surface area (Å²) >= 11 is 0. The van der Waals surface area contributed by atoms with Crippen molar-refractivity contribution >= 4 is 34.2 Å². The van der Waals surface area contributed by atoms with Gasteiger partial charge in [0.25, 0.3) is 0 Å². The van der Waals surface area contributed by atoms with Crippen molar-refractivity contribution in [2.45, 2.75) is 13.5 Å². The van der Waals surface area contributed by atoms with Crippen LogP contribution in [0.2, 0.25) is 0 Å². The summed E-state index contributed by atoms with van der Waals surface area (Å²) in [5.74, 6) is -1.18. The topological polar surface area (TPSA) is 147 Å². The van der Waals surface area contributed by atoms with E-state index in [9.17, 15) is 9.59 Å². The Morgan fingerprint density at radius 3 is 2.76 bits per heavy atom. The van der Waals surface area contributed by atoms with E-state index in [2.05, 4.69) is 25.6 Å². The van der Waals surface area contributed by atoms with E-state index in [4.69, 9.17) is 11.0 Å². The molecule has 0 aliphatic rings. The molecule has 4 aromatic rings. The van der Waals surface area contributed by atoms with Gasteiger partial charge in [0.15, 0.2) is 0 Å². The number of nitriles is 1. The highest BCUT2D eigenvalue weighted by Crippen LogP contribution is 2.28. The second-order valence-corrected chi connectivity index (χ2v) is 7.32. The lowest BCUT2D eigenvalue weighted by atomic mass is 10.1. The number of anilines is 2. The molecule has 9 heteroatoms. The zero-order chi connectivity index (χ0) is 23.4. The van der Waals surface area contributed by atoms with E-state index in [0.29, 0.717) is 33.4 Å². The Morgan fingerprint density at radius 2 is 1.97 bits per heavy atom. The predicted octanol–water partition coefficient (Wildman–Crippen LogP) is 2.71. The molecule has 4 N–H and O–H groups in total. The van der Waals surface area contributed by atoms with Crippen molar-refractivity contribution in [3.63, 3.8) is 0 Å². The Hall–Kier alpha value is -4.84. The number of hydrogen-bond acceptors (Lipinski definition) is 7. The highest BCUT2D eigenvalue weighted by Gasteiger charge is 2.15. The van der Waals surface area contributed by atoms with Crippen molar-refractivity contribution in [1.82, 2.24) is 20.3 Å². The third-order valence-electron chi connectivity index (χ3n) is 5.02. The van der Waals surface area contributed by atoms with E-state index in [1.165, 1.54) is 6.20 Å². The van der Waals surface area contributed by atoms with Crippen molar-refractivity contribution in [3.05, 3.63) is 77.7 Å². The number of nitrogens with zero attached hydrogens (tertiary/aromatic N) is 4. The summed E-state index contributed by atoms with van der Waals surface area (Å²) in [7, 11) is 0. The molecule has 0 bridgehead atoms. The van der Waals surface area contributed by atoms with Crippen LogP contribution in [0.1, 0.15) is 16.7 Å². The molecule has 9 nitrogen and oxygen atoms in total. The summed E-state index contributed by atoms with van der Waals surface area (Å²) in [4.78, 5) is 37.3. The van der Waals surface area contributed by atoms with Gasteiger partial charge in [-0.1, -0.05) is 12.1 Å². The minimum absolute atomic E-state index is 0.114. The summed E-state index contributed by atoms with van der Waals surface area (Å²) < 4.78 is 0. The normalized spacial score (nSPS) is 10.4. The van der Waals surface area contributed by atoms with Gasteiger partial charge in [0, 0.05) is 36.1 Å². The van der Waals surface area contributed by atoms with Gasteiger partial charge < -0.3 is 16.4 Å². The SMILES string of the molecule is Cc1ccncc1-c1cc2cc(NC(=O)C(=O)NCc3cccc(C#N)c3)ncc2c(N)n1. The number of hydrogen-bond donors (Lipinski definition) is 3. The lowest BCUT2D eigenvalue weighted by molar-refractivity contribution is -0.136. The number of pyridine rings is 3. The van der Waals surface area contributed by atoms with E-state index >= 15 is 0 Å². The monoisotopic (exact) mass is 437 g/mol. The molecule has 0 atom stereocenters. The summed E-state index contributed by atoms with van der Waals surface area (Å²) in [6, 6.07) is 14.1. The van der Waals surface area contributed by atoms with Crippen molar-refractivity contribution in [3.8, 4) is 17.3 Å². The second-order valence-electron chi connectivity index (χ2n) is 7.32. The largest absolute Gasteiger partial charge is 0.383 e. The molecule has 0 fully saturated rings. The fourth-order valence-corrected chi connectivity index (χ4v) is 3.30. The molecule has 0 saturated carbocycles. The molecule has 0 aliphatic heterocycles. The number of nitrogen functional groups attached to an aromatic ring is 1. The number of carbonyl (C=O) groups is 2. The number of aromatic nitrogens is 3. The summed E-state index contributed by atoms with van der Waals surface area (Å²) in [5.41, 5.74) is 9.78. The first-order valence-corrected chi connectivity index (χ1v) is 10.00. The number of nitrogens with two attached hydrogens (primary N) is 1. The van der Waals surface area contributed by atoms with Crippen LogP contribution in [0.3, 0.4) is 0 Å². The van der Waals surface area contributed by atoms with Gasteiger partial charge in [-0.25, -0.2) is 9.97 Å². The molecule has 4 rings (SSSR count). The van der Waals surface area contributed by atoms with E-state index < -0.39 is 11.8 Å². The van der Waals surface area contributed by atoms with Crippen LogP contribution < -0.4 is 16.4 Å². The van der Waals surface area contributed by atoms with E-state index in [0.717, 1.165) is 11.1 Å². The number of benzene rings is 1. The number of nitrogens with one attached hydrogen (secondary N) is 2. The van der Waals surface area contributed by atoms with Gasteiger partial charge in [-0.05, 0) is 53.8 Å². The maximum atomic E-state index is 12.3. The fraction of sp³-hybridized carbons (Fsp3) is 0.0833. The smallest absolute Gasteiger partial charge is 0.314 e. The highest BCUT2D eigenvalue weighted by molar-refractivity contribution is 6.39. The third-order valence-corrected chi connectivity index (χ3v) is 5.02. The van der Waals surface area contributed by atoms with Gasteiger partial charge in [0.05, 0.1) is 17.3 Å². The van der Waals surface area contributed by atoms with Crippen LogP contribution in [-0.4, -0.2) is 26.8 Å². The number of fused-ring (bicyclic) bond motifs is 1. The molecule has 0 radical (unpaired) electrons. The lowest BCUT2D eigenvalue weighted by Gasteiger charge is -2.10. The van der Waals surface area contributed by atoms with Gasteiger partial charge in [-0.3, -0.25) is 14.6 Å². The molecule has 2 amide bonds. The number of rotatable bonds is 4. The van der Waals surface area contributed by atoms with Crippen LogP contribution in [0, 0.1) is 18.3 Å². The zero-order valence-electron chi connectivity index (χ0n) is 17.7. The van der Waals surface area contributed by atoms with Crippen LogP contribution in [0.5, 0.6) is 0 Å². The Kier molecular flexibility index (Phi) is 5.91. The van der Waals surface area contributed by atoms with Crippen LogP contribution in [-0.2, 0) is 16.1 Å². The van der Waals surface area contributed by atoms with Gasteiger partial charge in [0.2, 0.25) is 0 Å². The molecule has 3 heterocycles. The number of amides is 2. The van der Waals surface area contributed by atoms with Crippen molar-refractivity contribution in [2.24, 2.45) is 0 Å². The zero-order valence-corrected chi connectivity index (χ0v) is 17.7. The first-order valence-electron chi connectivity index (χ1n) is 10.00. The predicted molar refractivity (Wildman–Crippen MR) is 124 cm³/mol. The van der Waals surface area contributed by atoms with Gasteiger partial charge in [-0.2, -0.15) is 5.26 Å². The summed E-state index contributed by atoms with van der Waals surface area (Å²) in [6.45, 7) is 2.06. The van der Waals surface area contributed by atoms with Crippen molar-refractivity contribution < 1.29 is 9.59 Å². The minimum atomic E-state index is -0.858. The molecular formula is C24H19N7O2. The average Bonchev–Trinajstić information content (AvgIpc) is 2.82. The maximum Gasteiger partial charge on any atom is 0.314 e. The molecule has 0 unspecified atom stereocenters. The molecule has 33 heavy (non-hydrogen) atoms. The molecule has 1 aromatic carbocycles. The van der Waals surface area contributed by atoms with E-state index in [1.54, 1.807) is 42.7 Å². The van der Waals surface area contributed by atoms with Gasteiger partial charge in [0.1, 0.15) is 11.6 Å². The van der Waals surface area contributed by atoms with Crippen LogP contribution in [0.15, 0.2) is 61.1 Å². The second kappa shape index (κ2) is 9.11. The first-order chi connectivity index (χ1) is 15.9. The highest BCUT2D eigenvalue weighted by atomic mass is 16.2. The van der Waals surface area contributed by atoms with Crippen LogP contribution in [0.4, 0.5) is 11.6 Å². The number of carbonyl (C=O) groups excluding carboxylic acids is 2. The Balaban J connectivity index is 1.51. The van der Waals surface area contributed by atoms with Crippen LogP contribution in [0.25, 0.3) is 22.0 Å². The van der Waals surface area contributed by atoms with Gasteiger partial charge >= 0.3 is 11.8 Å². The van der Waals surface area contributed by atoms with E-state index in [-0.39, 0.29) is 12.4 Å². The van der Waals surface area contributed by atoms with Crippen molar-refractivity contribution in [1.29, 1.82) is 5.26 Å². The lowest BCUT2D eigenvalue weighted by Crippen LogP contribution is -2.35. The first kappa shape index (κ1) is 21.4. The molecule has 0 spiro atoms. The van der Waals surface area contributed by atoms with E-state index in [1.807, 2.05) is 25.1 Å². The standard InChI is InChI=1S/C24H19N7O2/c1-14-5-6-27-12-18(14)20-8-17-9-21(28-13-19(17)22(26)30-20)31-24(33)23(32)29-11-16-4-2-3-15(7-16)10-25/h2-9,12-13H,11H2,1H3,(H2,26,30)(H,29,32)(H,28,31,33). The van der Waals surface area contributed by atoms with Crippen molar-refractivity contribution in [2.75, 3.05) is 11.1 Å². The Labute approximate surface area is 189 Å². The summed E-state index contributed by atoms with van der Waals surface area (Å²) in [5, 5.41) is 15.3. The van der Waals surface area contributed by atoms with Gasteiger partial charge in [-0.15, -0.1) is 0 Å². The Bertz CT molecular complexity index is 1430. The molecule has 0 saturated heterocycles. The third kappa shape index (κ3) is 4.75. The average molecular weight is 437 g/mol. The molecule has 3 aromatic heterocycles. The molecule has 0 aliphatic carbocycles. The quantitative estimate of drug-likeness (QED) is 0.416. The molecule has 162 valence electrons. The maximum absolute atomic E-state index is 12.3. The Morgan fingerprint density at radius 1 is 1.12 bits per heavy atom. The summed E-state index contributed by atoms with van der Waals surface area (Å²) in [6.07, 6.45) is 4.91. The molecular weight excluding hydrogens is 418 g/mol. The minimum Gasteiger partial charge on any atom is -0.383 e. The fourth-order valence-electron chi connectivity index (χ4n) is 3.30. The number of aryl methyl sites for hydroxylation is 1. The van der Waals surface area contributed by atoms with Crippen LogP contribution >= 0.6 is 0 Å².